The van der Waals surface area contributed by atoms with E-state index in [4.69, 9.17) is 0 Å². The summed E-state index contributed by atoms with van der Waals surface area (Å²) in [5.41, 5.74) is -0.595. The Morgan fingerprint density at radius 3 is 2.26 bits per heavy atom. The number of nitrogens with one attached hydrogen (secondary N) is 1. The van der Waals surface area contributed by atoms with Crippen molar-refractivity contribution in [3.05, 3.63) is 35.1 Å². The molecule has 2 N–H and O–H groups in total. The molecule has 2 atom stereocenters. The Labute approximate surface area is 111 Å². The predicted octanol–water partition coefficient (Wildman–Crippen LogP) is 2.99. The summed E-state index contributed by atoms with van der Waals surface area (Å²) in [5.74, 6) is -3.77. The molecule has 1 rings (SSSR count). The Morgan fingerprint density at radius 2 is 1.79 bits per heavy atom. The zero-order valence-electron chi connectivity index (χ0n) is 11.4. The van der Waals surface area contributed by atoms with Gasteiger partial charge in [-0.25, -0.2) is 13.2 Å². The second-order valence-electron chi connectivity index (χ2n) is 5.14. The van der Waals surface area contributed by atoms with E-state index in [-0.39, 0.29) is 12.5 Å². The Hall–Kier alpha value is -1.07. The normalized spacial score (nSPS) is 16.2. The molecule has 2 unspecified atom stereocenters. The van der Waals surface area contributed by atoms with Crippen LogP contribution in [0.3, 0.4) is 0 Å². The van der Waals surface area contributed by atoms with Gasteiger partial charge in [-0.2, -0.15) is 0 Å². The molecule has 108 valence electrons. The fraction of sp³-hybridized carbons (Fsp3) is 0.571. The first-order chi connectivity index (χ1) is 8.77. The monoisotopic (exact) mass is 275 g/mol. The van der Waals surface area contributed by atoms with Crippen molar-refractivity contribution in [2.75, 3.05) is 6.54 Å². The predicted molar refractivity (Wildman–Crippen MR) is 68.1 cm³/mol. The fourth-order valence-corrected chi connectivity index (χ4v) is 1.78. The SMILES string of the molecule is CCC(C)C(C)(O)CNCc1cc(F)c(F)c(F)c1. The molecule has 0 radical (unpaired) electrons. The zero-order chi connectivity index (χ0) is 14.6. The van der Waals surface area contributed by atoms with Gasteiger partial charge in [-0.15, -0.1) is 0 Å². The minimum atomic E-state index is -1.46. The Kier molecular flexibility index (Phi) is 5.38. The molecule has 2 nitrogen and oxygen atoms in total. The van der Waals surface area contributed by atoms with E-state index in [1.165, 1.54) is 0 Å². The first-order valence-electron chi connectivity index (χ1n) is 6.34. The molecule has 0 aliphatic heterocycles. The van der Waals surface area contributed by atoms with E-state index >= 15 is 0 Å². The summed E-state index contributed by atoms with van der Waals surface area (Å²) in [7, 11) is 0. The molecule has 0 aromatic heterocycles. The largest absolute Gasteiger partial charge is 0.389 e. The first kappa shape index (κ1) is 16.0. The second-order valence-corrected chi connectivity index (χ2v) is 5.14. The van der Waals surface area contributed by atoms with Crippen LogP contribution in [0.2, 0.25) is 0 Å². The van der Waals surface area contributed by atoms with E-state index in [0.29, 0.717) is 12.1 Å². The molecule has 1 aromatic carbocycles. The molecule has 0 aliphatic carbocycles. The maximum Gasteiger partial charge on any atom is 0.194 e. The summed E-state index contributed by atoms with van der Waals surface area (Å²) in [4.78, 5) is 0. The van der Waals surface area contributed by atoms with Crippen LogP contribution in [0.1, 0.15) is 32.8 Å². The van der Waals surface area contributed by atoms with Gasteiger partial charge in [-0.1, -0.05) is 20.3 Å². The molecule has 0 saturated carbocycles. The summed E-state index contributed by atoms with van der Waals surface area (Å²) in [6, 6.07) is 1.90. The van der Waals surface area contributed by atoms with Crippen molar-refractivity contribution >= 4 is 0 Å². The van der Waals surface area contributed by atoms with Gasteiger partial charge in [0.2, 0.25) is 0 Å². The number of rotatable bonds is 6. The highest BCUT2D eigenvalue weighted by Gasteiger charge is 2.26. The van der Waals surface area contributed by atoms with E-state index in [0.717, 1.165) is 18.6 Å². The second kappa shape index (κ2) is 6.39. The van der Waals surface area contributed by atoms with E-state index < -0.39 is 23.1 Å². The smallest absolute Gasteiger partial charge is 0.194 e. The van der Waals surface area contributed by atoms with Crippen LogP contribution < -0.4 is 5.32 Å². The Bertz CT molecular complexity index is 412. The van der Waals surface area contributed by atoms with Crippen molar-refractivity contribution < 1.29 is 18.3 Å². The number of aliphatic hydroxyl groups is 1. The molecular weight excluding hydrogens is 255 g/mol. The van der Waals surface area contributed by atoms with Crippen LogP contribution in [-0.2, 0) is 6.54 Å². The third kappa shape index (κ3) is 4.21. The average Bonchev–Trinajstić information content (AvgIpc) is 2.34. The van der Waals surface area contributed by atoms with Crippen LogP contribution in [0.5, 0.6) is 0 Å². The van der Waals surface area contributed by atoms with Crippen LogP contribution in [0.25, 0.3) is 0 Å². The van der Waals surface area contributed by atoms with Crippen molar-refractivity contribution in [3.8, 4) is 0 Å². The molecule has 0 bridgehead atoms. The summed E-state index contributed by atoms with van der Waals surface area (Å²) in [5, 5.41) is 13.1. The maximum atomic E-state index is 13.0. The van der Waals surface area contributed by atoms with Gasteiger partial charge in [0, 0.05) is 13.1 Å². The van der Waals surface area contributed by atoms with Crippen LogP contribution in [0, 0.1) is 23.4 Å². The molecule has 0 spiro atoms. The first-order valence-corrected chi connectivity index (χ1v) is 6.34. The third-order valence-corrected chi connectivity index (χ3v) is 3.53. The van der Waals surface area contributed by atoms with Crippen molar-refractivity contribution in [3.63, 3.8) is 0 Å². The average molecular weight is 275 g/mol. The molecule has 0 fully saturated rings. The van der Waals surface area contributed by atoms with Gasteiger partial charge in [0.25, 0.3) is 0 Å². The highest BCUT2D eigenvalue weighted by atomic mass is 19.2. The highest BCUT2D eigenvalue weighted by Crippen LogP contribution is 2.19. The van der Waals surface area contributed by atoms with E-state index in [2.05, 4.69) is 5.32 Å². The summed E-state index contributed by atoms with van der Waals surface area (Å²) in [6.45, 7) is 6.08. The molecule has 0 saturated heterocycles. The summed E-state index contributed by atoms with van der Waals surface area (Å²) in [6.07, 6.45) is 0.828. The minimum Gasteiger partial charge on any atom is -0.389 e. The fourth-order valence-electron chi connectivity index (χ4n) is 1.78. The van der Waals surface area contributed by atoms with Crippen LogP contribution >= 0.6 is 0 Å². The van der Waals surface area contributed by atoms with Gasteiger partial charge < -0.3 is 10.4 Å². The highest BCUT2D eigenvalue weighted by molar-refractivity contribution is 5.19. The van der Waals surface area contributed by atoms with Gasteiger partial charge in [0.1, 0.15) is 0 Å². The number of hydrogen-bond acceptors (Lipinski definition) is 2. The zero-order valence-corrected chi connectivity index (χ0v) is 11.4. The molecule has 1 aromatic rings. The third-order valence-electron chi connectivity index (χ3n) is 3.53. The van der Waals surface area contributed by atoms with Crippen LogP contribution in [0.15, 0.2) is 12.1 Å². The maximum absolute atomic E-state index is 13.0. The molecule has 0 aliphatic rings. The van der Waals surface area contributed by atoms with Gasteiger partial charge in [-0.3, -0.25) is 0 Å². The number of hydrogen-bond donors (Lipinski definition) is 2. The summed E-state index contributed by atoms with van der Waals surface area (Å²) < 4.78 is 38.7. The molecule has 5 heteroatoms. The Morgan fingerprint density at radius 1 is 1.26 bits per heavy atom. The van der Waals surface area contributed by atoms with Crippen LogP contribution in [-0.4, -0.2) is 17.3 Å². The molecular formula is C14H20F3NO. The Balaban J connectivity index is 2.59. The van der Waals surface area contributed by atoms with Gasteiger partial charge in [-0.05, 0) is 30.5 Å². The van der Waals surface area contributed by atoms with Crippen molar-refractivity contribution in [2.45, 2.75) is 39.3 Å². The lowest BCUT2D eigenvalue weighted by Gasteiger charge is -2.30. The van der Waals surface area contributed by atoms with Gasteiger partial charge >= 0.3 is 0 Å². The van der Waals surface area contributed by atoms with Gasteiger partial charge in [0.15, 0.2) is 17.5 Å². The lowest BCUT2D eigenvalue weighted by Crippen LogP contribution is -2.42. The standard InChI is InChI=1S/C14H20F3NO/c1-4-9(2)14(3,19)8-18-7-10-5-11(15)13(17)12(16)6-10/h5-6,9,18-19H,4,7-8H2,1-3H3. The quantitative estimate of drug-likeness (QED) is 0.782. The van der Waals surface area contributed by atoms with Crippen molar-refractivity contribution in [1.82, 2.24) is 5.32 Å². The van der Waals surface area contributed by atoms with Crippen molar-refractivity contribution in [2.24, 2.45) is 5.92 Å². The lowest BCUT2D eigenvalue weighted by molar-refractivity contribution is 0.00534. The summed E-state index contributed by atoms with van der Waals surface area (Å²) >= 11 is 0. The van der Waals surface area contributed by atoms with E-state index in [1.807, 2.05) is 13.8 Å². The number of benzene rings is 1. The van der Waals surface area contributed by atoms with Gasteiger partial charge in [0.05, 0.1) is 5.60 Å². The van der Waals surface area contributed by atoms with E-state index in [1.54, 1.807) is 6.92 Å². The van der Waals surface area contributed by atoms with E-state index in [9.17, 15) is 18.3 Å². The topological polar surface area (TPSA) is 32.3 Å². The van der Waals surface area contributed by atoms with Crippen LogP contribution in [0.4, 0.5) is 13.2 Å². The van der Waals surface area contributed by atoms with Crippen molar-refractivity contribution in [1.29, 1.82) is 0 Å². The molecule has 0 heterocycles. The lowest BCUT2D eigenvalue weighted by atomic mass is 9.88. The minimum absolute atomic E-state index is 0.0988. The molecule has 19 heavy (non-hydrogen) atoms. The number of halogens is 3. The molecule has 0 amide bonds.